The fourth-order valence-electron chi connectivity index (χ4n) is 2.03. The fourth-order valence-corrected chi connectivity index (χ4v) is 4.90. The molecule has 0 N–H and O–H groups in total. The van der Waals surface area contributed by atoms with E-state index in [9.17, 15) is 0 Å². The molecule has 0 saturated heterocycles. The highest BCUT2D eigenvalue weighted by atomic mass is 35.6. The lowest BCUT2D eigenvalue weighted by Crippen LogP contribution is -2.38. The standard InChI is InChI=1S/C15H23ClSi/c1-3-4-5-6-7-11-14-17(2,16)15-12-9-8-10-13-15/h3,8-10,12-13H,1,4-7,11,14H2,2H3. The van der Waals surface area contributed by atoms with Gasteiger partial charge in [-0.15, -0.1) is 6.58 Å². The van der Waals surface area contributed by atoms with E-state index in [0.717, 1.165) is 6.42 Å². The first-order valence-electron chi connectivity index (χ1n) is 6.52. The van der Waals surface area contributed by atoms with Gasteiger partial charge in [0.15, 0.2) is 7.38 Å². The average Bonchev–Trinajstić information content (AvgIpc) is 2.35. The van der Waals surface area contributed by atoms with Crippen LogP contribution in [0.3, 0.4) is 0 Å². The van der Waals surface area contributed by atoms with Gasteiger partial charge in [-0.25, -0.2) is 0 Å². The Morgan fingerprint density at radius 1 is 1.12 bits per heavy atom. The molecule has 0 aliphatic carbocycles. The molecule has 0 spiro atoms. The van der Waals surface area contributed by atoms with Gasteiger partial charge in [0.2, 0.25) is 0 Å². The van der Waals surface area contributed by atoms with E-state index in [1.807, 2.05) is 6.08 Å². The number of unbranched alkanes of at least 4 members (excludes halogenated alkanes) is 4. The van der Waals surface area contributed by atoms with Crippen molar-refractivity contribution in [3.8, 4) is 0 Å². The molecule has 1 aromatic rings. The molecule has 17 heavy (non-hydrogen) atoms. The van der Waals surface area contributed by atoms with E-state index >= 15 is 0 Å². The van der Waals surface area contributed by atoms with Crippen molar-refractivity contribution in [1.29, 1.82) is 0 Å². The minimum absolute atomic E-state index is 1.15. The summed E-state index contributed by atoms with van der Waals surface area (Å²) in [4.78, 5) is 0. The van der Waals surface area contributed by atoms with Crippen LogP contribution in [-0.2, 0) is 0 Å². The molecule has 0 radical (unpaired) electrons. The summed E-state index contributed by atoms with van der Waals surface area (Å²) in [7, 11) is -1.70. The quantitative estimate of drug-likeness (QED) is 0.273. The van der Waals surface area contributed by atoms with E-state index in [2.05, 4.69) is 43.5 Å². The third-order valence-electron chi connectivity index (χ3n) is 3.18. The molecule has 1 aromatic carbocycles. The highest BCUT2D eigenvalue weighted by Crippen LogP contribution is 2.19. The van der Waals surface area contributed by atoms with Gasteiger partial charge in [-0.3, -0.25) is 0 Å². The summed E-state index contributed by atoms with van der Waals surface area (Å²) in [5.74, 6) is 0. The summed E-state index contributed by atoms with van der Waals surface area (Å²) in [5.41, 5.74) is 0. The van der Waals surface area contributed by atoms with Crippen molar-refractivity contribution in [1.82, 2.24) is 0 Å². The first-order valence-corrected chi connectivity index (χ1v) is 10.2. The Bertz CT molecular complexity index is 319. The Labute approximate surface area is 111 Å². The van der Waals surface area contributed by atoms with Crippen LogP contribution in [0.25, 0.3) is 0 Å². The van der Waals surface area contributed by atoms with Crippen LogP contribution in [0.5, 0.6) is 0 Å². The summed E-state index contributed by atoms with van der Waals surface area (Å²) in [6.45, 7) is 6.00. The Morgan fingerprint density at radius 2 is 1.76 bits per heavy atom. The molecule has 2 heteroatoms. The third kappa shape index (κ3) is 5.56. The van der Waals surface area contributed by atoms with Gasteiger partial charge >= 0.3 is 0 Å². The first kappa shape index (κ1) is 14.5. The van der Waals surface area contributed by atoms with Crippen molar-refractivity contribution >= 4 is 23.6 Å². The van der Waals surface area contributed by atoms with Gasteiger partial charge in [0.05, 0.1) is 0 Å². The summed E-state index contributed by atoms with van der Waals surface area (Å²) < 4.78 is 0. The van der Waals surface area contributed by atoms with Crippen LogP contribution in [-0.4, -0.2) is 7.38 Å². The minimum Gasteiger partial charge on any atom is -0.161 e. The Balaban J connectivity index is 2.28. The van der Waals surface area contributed by atoms with Crippen molar-refractivity contribution in [2.45, 2.75) is 44.7 Å². The predicted octanol–water partition coefficient (Wildman–Crippen LogP) is 4.84. The second kappa shape index (κ2) is 7.73. The molecular formula is C15H23ClSi. The molecule has 1 rings (SSSR count). The third-order valence-corrected chi connectivity index (χ3v) is 7.23. The normalized spacial score (nSPS) is 14.2. The molecule has 0 saturated carbocycles. The van der Waals surface area contributed by atoms with Gasteiger partial charge in [0.25, 0.3) is 0 Å². The number of halogens is 1. The maximum absolute atomic E-state index is 6.72. The molecule has 0 amide bonds. The van der Waals surface area contributed by atoms with Crippen molar-refractivity contribution in [3.63, 3.8) is 0 Å². The maximum Gasteiger partial charge on any atom is 0.183 e. The van der Waals surface area contributed by atoms with E-state index in [0.29, 0.717) is 0 Å². The van der Waals surface area contributed by atoms with Crippen LogP contribution >= 0.6 is 11.1 Å². The number of rotatable bonds is 8. The second-order valence-electron chi connectivity index (χ2n) is 4.81. The molecule has 94 valence electrons. The number of benzene rings is 1. The topological polar surface area (TPSA) is 0 Å². The zero-order chi connectivity index (χ0) is 12.6. The van der Waals surface area contributed by atoms with Crippen LogP contribution < -0.4 is 5.19 Å². The summed E-state index contributed by atoms with van der Waals surface area (Å²) in [6, 6.07) is 11.8. The lowest BCUT2D eigenvalue weighted by molar-refractivity contribution is 0.672. The van der Waals surface area contributed by atoms with E-state index in [-0.39, 0.29) is 0 Å². The van der Waals surface area contributed by atoms with Crippen molar-refractivity contribution in [2.75, 3.05) is 0 Å². The average molecular weight is 267 g/mol. The lowest BCUT2D eigenvalue weighted by atomic mass is 10.1. The molecule has 0 fully saturated rings. The van der Waals surface area contributed by atoms with Gasteiger partial charge in [-0.1, -0.05) is 62.2 Å². The van der Waals surface area contributed by atoms with Crippen LogP contribution in [0, 0.1) is 0 Å². The summed E-state index contributed by atoms with van der Waals surface area (Å²) in [6.07, 6.45) is 8.30. The number of hydrogen-bond acceptors (Lipinski definition) is 0. The first-order chi connectivity index (χ1) is 8.17. The SMILES string of the molecule is C=CCCCCCC[Si](C)(Cl)c1ccccc1. The molecule has 1 atom stereocenters. The lowest BCUT2D eigenvalue weighted by Gasteiger charge is -2.19. The van der Waals surface area contributed by atoms with Gasteiger partial charge < -0.3 is 0 Å². The highest BCUT2D eigenvalue weighted by Gasteiger charge is 2.25. The Hall–Kier alpha value is -0.533. The van der Waals surface area contributed by atoms with E-state index in [1.165, 1.54) is 36.9 Å². The molecule has 1 unspecified atom stereocenters. The molecule has 0 heterocycles. The summed E-state index contributed by atoms with van der Waals surface area (Å²) >= 11 is 6.72. The van der Waals surface area contributed by atoms with Gasteiger partial charge in [-0.05, 0) is 24.1 Å². The fraction of sp³-hybridized carbons (Fsp3) is 0.467. The van der Waals surface area contributed by atoms with E-state index < -0.39 is 7.38 Å². The van der Waals surface area contributed by atoms with Gasteiger partial charge in [0.1, 0.15) is 0 Å². The zero-order valence-corrected chi connectivity index (χ0v) is 12.5. The van der Waals surface area contributed by atoms with Crippen LogP contribution in [0.1, 0.15) is 32.1 Å². The van der Waals surface area contributed by atoms with Crippen molar-refractivity contribution in [2.24, 2.45) is 0 Å². The van der Waals surface area contributed by atoms with E-state index in [4.69, 9.17) is 11.1 Å². The zero-order valence-electron chi connectivity index (χ0n) is 10.8. The number of hydrogen-bond donors (Lipinski definition) is 0. The maximum atomic E-state index is 6.72. The van der Waals surface area contributed by atoms with E-state index in [1.54, 1.807) is 0 Å². The molecule has 0 aliphatic rings. The second-order valence-corrected chi connectivity index (χ2v) is 10.8. The van der Waals surface area contributed by atoms with Crippen molar-refractivity contribution < 1.29 is 0 Å². The monoisotopic (exact) mass is 266 g/mol. The van der Waals surface area contributed by atoms with Gasteiger partial charge in [-0.2, -0.15) is 11.1 Å². The molecule has 0 bridgehead atoms. The molecule has 0 nitrogen and oxygen atoms in total. The molecule has 0 aliphatic heterocycles. The number of allylic oxidation sites excluding steroid dienone is 1. The van der Waals surface area contributed by atoms with Crippen LogP contribution in [0.4, 0.5) is 0 Å². The van der Waals surface area contributed by atoms with Gasteiger partial charge in [0, 0.05) is 0 Å². The Morgan fingerprint density at radius 3 is 2.41 bits per heavy atom. The van der Waals surface area contributed by atoms with Crippen LogP contribution in [0.15, 0.2) is 43.0 Å². The smallest absolute Gasteiger partial charge is 0.161 e. The highest BCUT2D eigenvalue weighted by molar-refractivity contribution is 7.26. The largest absolute Gasteiger partial charge is 0.183 e. The predicted molar refractivity (Wildman–Crippen MR) is 81.6 cm³/mol. The minimum atomic E-state index is -1.70. The Kier molecular flexibility index (Phi) is 6.60. The molecular weight excluding hydrogens is 244 g/mol. The summed E-state index contributed by atoms with van der Waals surface area (Å²) in [5, 5.41) is 1.37. The van der Waals surface area contributed by atoms with Crippen molar-refractivity contribution in [3.05, 3.63) is 43.0 Å². The molecule has 0 aromatic heterocycles. The van der Waals surface area contributed by atoms with Crippen LogP contribution in [0.2, 0.25) is 12.6 Å².